The molecule has 0 saturated carbocycles. The molecule has 2 aliphatic rings. The van der Waals surface area contributed by atoms with Crippen molar-refractivity contribution in [2.24, 2.45) is 5.92 Å². The zero-order valence-electron chi connectivity index (χ0n) is 11.6. The van der Waals surface area contributed by atoms with E-state index >= 15 is 0 Å². The molecular weight excluding hydrogens is 280 g/mol. The average molecular weight is 295 g/mol. The molecule has 1 aromatic rings. The molecule has 3 nitrogen and oxygen atoms in total. The standard InChI is InChI=1S/C17H15N2OS/c18-10-13-12(9-11-5-2-1-3-6-11)16-14(19-17(13)21)7-4-8-15(16)20/h1-3,5-6,12H,4,7-9H2,(H,19,21)/q-1/t12-/m1/s1. The summed E-state index contributed by atoms with van der Waals surface area (Å²) in [6.45, 7) is 0. The summed E-state index contributed by atoms with van der Waals surface area (Å²) in [6.07, 6.45) is 2.91. The van der Waals surface area contributed by atoms with Crippen LogP contribution in [-0.2, 0) is 11.2 Å². The number of nitrogens with zero attached hydrogens (tertiary/aromatic N) is 1. The molecule has 0 amide bonds. The van der Waals surface area contributed by atoms with Crippen molar-refractivity contribution in [2.45, 2.75) is 25.7 Å². The highest BCUT2D eigenvalue weighted by atomic mass is 32.1. The average Bonchev–Trinajstić information content (AvgIpc) is 2.48. The van der Waals surface area contributed by atoms with Crippen molar-refractivity contribution < 1.29 is 4.79 Å². The second-order valence-corrected chi connectivity index (χ2v) is 5.80. The molecule has 4 heteroatoms. The number of carbonyl (C=O) groups is 1. The molecular formula is C17H15N2OS-. The number of thiocarbonyl (C=S) groups is 1. The Kier molecular flexibility index (Phi) is 3.82. The Hall–Kier alpha value is -2.03. The second kappa shape index (κ2) is 5.76. The molecule has 106 valence electrons. The molecule has 0 bridgehead atoms. The summed E-state index contributed by atoms with van der Waals surface area (Å²) in [4.78, 5) is 12.8. The lowest BCUT2D eigenvalue weighted by atomic mass is 9.76. The first kappa shape index (κ1) is 13.9. The quantitative estimate of drug-likeness (QED) is 0.518. The highest BCUT2D eigenvalue weighted by Gasteiger charge is 2.35. The van der Waals surface area contributed by atoms with Gasteiger partial charge in [0.15, 0.2) is 5.78 Å². The van der Waals surface area contributed by atoms with Gasteiger partial charge in [-0.25, -0.2) is 0 Å². The first-order chi connectivity index (χ1) is 10.2. The van der Waals surface area contributed by atoms with Gasteiger partial charge < -0.3 is 10.7 Å². The van der Waals surface area contributed by atoms with E-state index in [1.807, 2.05) is 30.3 Å². The Morgan fingerprint density at radius 3 is 2.76 bits per heavy atom. The highest BCUT2D eigenvalue weighted by Crippen LogP contribution is 2.35. The van der Waals surface area contributed by atoms with Gasteiger partial charge in [-0.15, -0.1) is 0 Å². The van der Waals surface area contributed by atoms with Crippen LogP contribution in [0.2, 0.25) is 0 Å². The minimum absolute atomic E-state index is 0.153. The normalized spacial score (nSPS) is 21.7. The maximum Gasteiger partial charge on any atom is 0.161 e. The van der Waals surface area contributed by atoms with Gasteiger partial charge in [0.2, 0.25) is 0 Å². The zero-order chi connectivity index (χ0) is 14.8. The van der Waals surface area contributed by atoms with Crippen LogP contribution < -0.4 is 5.32 Å². The van der Waals surface area contributed by atoms with Crippen molar-refractivity contribution >= 4 is 28.9 Å². The number of Topliss-reactive ketones (excluding diaryl/α,β-unsaturated/α-hetero) is 1. The van der Waals surface area contributed by atoms with Crippen molar-refractivity contribution in [1.82, 2.24) is 5.32 Å². The molecule has 1 N–H and O–H groups in total. The van der Waals surface area contributed by atoms with E-state index in [1.54, 1.807) is 0 Å². The molecule has 1 aliphatic heterocycles. The monoisotopic (exact) mass is 295 g/mol. The molecule has 0 aromatic heterocycles. The summed E-state index contributed by atoms with van der Waals surface area (Å²) >= 11 is 5.31. The highest BCUT2D eigenvalue weighted by molar-refractivity contribution is 7.80. The van der Waals surface area contributed by atoms with Crippen LogP contribution in [0.15, 0.2) is 47.2 Å². The lowest BCUT2D eigenvalue weighted by molar-refractivity contribution is -0.116. The largest absolute Gasteiger partial charge is 0.763 e. The SMILES string of the molecule is [N-]=C=C1C(=S)NC2=C(C(=O)CCC2)[C@@H]1Cc1ccccc1. The fraction of sp³-hybridized carbons (Fsp3) is 0.294. The molecule has 0 spiro atoms. The van der Waals surface area contributed by atoms with Gasteiger partial charge in [-0.3, -0.25) is 10.7 Å². The second-order valence-electron chi connectivity index (χ2n) is 5.39. The fourth-order valence-corrected chi connectivity index (χ4v) is 3.40. The number of rotatable bonds is 2. The van der Waals surface area contributed by atoms with E-state index < -0.39 is 0 Å². The Morgan fingerprint density at radius 1 is 1.29 bits per heavy atom. The van der Waals surface area contributed by atoms with Crippen LogP contribution >= 0.6 is 12.2 Å². The maximum absolute atomic E-state index is 12.3. The third-order valence-corrected chi connectivity index (χ3v) is 4.39. The minimum Gasteiger partial charge on any atom is -0.763 e. The van der Waals surface area contributed by atoms with Crippen LogP contribution in [0.5, 0.6) is 0 Å². The summed E-state index contributed by atoms with van der Waals surface area (Å²) in [5.41, 5.74) is 3.33. The van der Waals surface area contributed by atoms with Crippen LogP contribution in [0.25, 0.3) is 5.41 Å². The van der Waals surface area contributed by atoms with Crippen LogP contribution in [0.3, 0.4) is 0 Å². The lowest BCUT2D eigenvalue weighted by Gasteiger charge is -2.34. The van der Waals surface area contributed by atoms with E-state index in [9.17, 15) is 10.2 Å². The molecule has 0 radical (unpaired) electrons. The van der Waals surface area contributed by atoms with Crippen LogP contribution in [0.4, 0.5) is 0 Å². The predicted molar refractivity (Wildman–Crippen MR) is 87.1 cm³/mol. The number of benzene rings is 1. The number of nitrogens with one attached hydrogen (secondary N) is 1. The van der Waals surface area contributed by atoms with E-state index in [-0.39, 0.29) is 11.7 Å². The fourth-order valence-electron chi connectivity index (χ4n) is 3.09. The molecule has 1 aromatic carbocycles. The molecule has 21 heavy (non-hydrogen) atoms. The van der Waals surface area contributed by atoms with E-state index in [1.165, 1.54) is 0 Å². The van der Waals surface area contributed by atoms with Crippen molar-refractivity contribution in [3.63, 3.8) is 0 Å². The van der Waals surface area contributed by atoms with E-state index in [2.05, 4.69) is 11.2 Å². The Bertz CT molecular complexity index is 684. The molecule has 0 fully saturated rings. The van der Waals surface area contributed by atoms with E-state index in [0.717, 1.165) is 29.7 Å². The summed E-state index contributed by atoms with van der Waals surface area (Å²) in [5, 5.41) is 12.5. The smallest absolute Gasteiger partial charge is 0.161 e. The summed E-state index contributed by atoms with van der Waals surface area (Å²) in [6, 6.07) is 9.95. The van der Waals surface area contributed by atoms with Gasteiger partial charge in [0.1, 0.15) is 4.99 Å². The number of hydrogen-bond donors (Lipinski definition) is 1. The van der Waals surface area contributed by atoms with Crippen LogP contribution in [-0.4, -0.2) is 16.6 Å². The number of hydrogen-bond acceptors (Lipinski definition) is 2. The topological polar surface area (TPSA) is 51.4 Å². The third-order valence-electron chi connectivity index (χ3n) is 4.07. The number of allylic oxidation sites excluding steroid dienone is 2. The summed E-state index contributed by atoms with van der Waals surface area (Å²) in [7, 11) is 0. The van der Waals surface area contributed by atoms with Crippen molar-refractivity contribution in [3.05, 3.63) is 58.1 Å². The van der Waals surface area contributed by atoms with Crippen molar-refractivity contribution in [2.75, 3.05) is 0 Å². The predicted octanol–water partition coefficient (Wildman–Crippen LogP) is 2.95. The van der Waals surface area contributed by atoms with Gasteiger partial charge >= 0.3 is 0 Å². The molecule has 0 saturated heterocycles. The van der Waals surface area contributed by atoms with Crippen LogP contribution in [0, 0.1) is 5.92 Å². The zero-order valence-corrected chi connectivity index (χ0v) is 12.4. The van der Waals surface area contributed by atoms with Gasteiger partial charge in [0, 0.05) is 29.2 Å². The molecule has 1 heterocycles. The van der Waals surface area contributed by atoms with Crippen molar-refractivity contribution in [1.29, 1.82) is 0 Å². The number of ketones is 1. The van der Waals surface area contributed by atoms with Crippen LogP contribution in [0.1, 0.15) is 24.8 Å². The summed E-state index contributed by atoms with van der Waals surface area (Å²) in [5.74, 6) is 2.16. The first-order valence-corrected chi connectivity index (χ1v) is 7.50. The first-order valence-electron chi connectivity index (χ1n) is 7.09. The minimum atomic E-state index is -0.200. The van der Waals surface area contributed by atoms with E-state index in [0.29, 0.717) is 23.4 Å². The maximum atomic E-state index is 12.3. The molecule has 0 unspecified atom stereocenters. The molecule has 1 atom stereocenters. The lowest BCUT2D eigenvalue weighted by Crippen LogP contribution is -2.39. The van der Waals surface area contributed by atoms with Gasteiger partial charge in [-0.1, -0.05) is 42.5 Å². The van der Waals surface area contributed by atoms with Gasteiger partial charge in [0.25, 0.3) is 0 Å². The number of carbonyl (C=O) groups excluding carboxylic acids is 1. The molecule has 3 rings (SSSR count). The van der Waals surface area contributed by atoms with E-state index in [4.69, 9.17) is 12.2 Å². The Balaban J connectivity index is 2.05. The molecule has 1 aliphatic carbocycles. The van der Waals surface area contributed by atoms with Crippen molar-refractivity contribution in [3.8, 4) is 0 Å². The Morgan fingerprint density at radius 2 is 2.05 bits per heavy atom. The third kappa shape index (κ3) is 2.60. The van der Waals surface area contributed by atoms with Gasteiger partial charge in [-0.05, 0) is 24.8 Å². The summed E-state index contributed by atoms with van der Waals surface area (Å²) < 4.78 is 0. The van der Waals surface area contributed by atoms with Gasteiger partial charge in [-0.2, -0.15) is 0 Å². The Labute approximate surface area is 129 Å². The van der Waals surface area contributed by atoms with Gasteiger partial charge in [0.05, 0.1) is 0 Å².